The molecule has 1 aliphatic carbocycles. The molecular formula is C17H21BrN2O2S. The fourth-order valence-electron chi connectivity index (χ4n) is 2.63. The Morgan fingerprint density at radius 2 is 2.09 bits per heavy atom. The van der Waals surface area contributed by atoms with Crippen LogP contribution >= 0.6 is 27.3 Å². The van der Waals surface area contributed by atoms with Crippen LogP contribution in [0.4, 0.5) is 0 Å². The Bertz CT molecular complexity index is 678. The summed E-state index contributed by atoms with van der Waals surface area (Å²) in [5.41, 5.74) is 0. The highest BCUT2D eigenvalue weighted by atomic mass is 79.9. The van der Waals surface area contributed by atoms with Gasteiger partial charge in [-0.25, -0.2) is 0 Å². The molecule has 2 aromatic heterocycles. The predicted octanol–water partition coefficient (Wildman–Crippen LogP) is 4.04. The number of amides is 1. The second kappa shape index (κ2) is 7.20. The molecule has 1 amide bonds. The Morgan fingerprint density at radius 3 is 2.65 bits per heavy atom. The van der Waals surface area contributed by atoms with E-state index in [0.717, 1.165) is 34.7 Å². The summed E-state index contributed by atoms with van der Waals surface area (Å²) in [4.78, 5) is 18.0. The Hall–Kier alpha value is -1.11. The van der Waals surface area contributed by atoms with Crippen LogP contribution in [0.25, 0.3) is 0 Å². The number of furan rings is 1. The third-order valence-electron chi connectivity index (χ3n) is 3.89. The zero-order chi connectivity index (χ0) is 16.4. The lowest BCUT2D eigenvalue weighted by Crippen LogP contribution is -2.39. The normalized spacial score (nSPS) is 14.4. The van der Waals surface area contributed by atoms with Gasteiger partial charge < -0.3 is 9.32 Å². The van der Waals surface area contributed by atoms with Gasteiger partial charge in [-0.3, -0.25) is 9.69 Å². The van der Waals surface area contributed by atoms with Crippen LogP contribution in [0, 0.1) is 6.92 Å². The van der Waals surface area contributed by atoms with Crippen LogP contribution in [0.15, 0.2) is 32.5 Å². The molecule has 0 atom stereocenters. The topological polar surface area (TPSA) is 36.7 Å². The number of likely N-dealkylation sites (N-methyl/N-ethyl adjacent to an activating group) is 1. The summed E-state index contributed by atoms with van der Waals surface area (Å²) in [5, 5.41) is 0. The van der Waals surface area contributed by atoms with E-state index in [1.54, 1.807) is 11.3 Å². The number of thiophene rings is 1. The van der Waals surface area contributed by atoms with Gasteiger partial charge in [-0.2, -0.15) is 0 Å². The van der Waals surface area contributed by atoms with E-state index in [1.165, 1.54) is 4.88 Å². The SMILES string of the molecule is Cc1ccc(CN(C(=O)CN(C)Cc2ccc(Br)s2)C2CC2)o1. The van der Waals surface area contributed by atoms with Crippen molar-refractivity contribution in [1.29, 1.82) is 0 Å². The molecule has 6 heteroatoms. The molecule has 1 fully saturated rings. The smallest absolute Gasteiger partial charge is 0.237 e. The summed E-state index contributed by atoms with van der Waals surface area (Å²) in [5.74, 6) is 1.94. The van der Waals surface area contributed by atoms with Gasteiger partial charge in [0.15, 0.2) is 0 Å². The lowest BCUT2D eigenvalue weighted by atomic mass is 10.3. The number of nitrogens with zero attached hydrogens (tertiary/aromatic N) is 2. The van der Waals surface area contributed by atoms with Gasteiger partial charge in [-0.15, -0.1) is 11.3 Å². The predicted molar refractivity (Wildman–Crippen MR) is 95.4 cm³/mol. The molecule has 4 nitrogen and oxygen atoms in total. The first-order valence-corrected chi connectivity index (χ1v) is 9.40. The molecule has 1 aliphatic rings. The first-order valence-electron chi connectivity index (χ1n) is 7.79. The molecule has 0 saturated heterocycles. The van der Waals surface area contributed by atoms with Crippen molar-refractivity contribution in [2.75, 3.05) is 13.6 Å². The van der Waals surface area contributed by atoms with Gasteiger partial charge in [0.2, 0.25) is 5.91 Å². The van der Waals surface area contributed by atoms with E-state index in [4.69, 9.17) is 4.42 Å². The number of rotatable bonds is 7. The van der Waals surface area contributed by atoms with Gasteiger partial charge in [-0.1, -0.05) is 0 Å². The highest BCUT2D eigenvalue weighted by molar-refractivity contribution is 9.11. The van der Waals surface area contributed by atoms with Crippen LogP contribution < -0.4 is 0 Å². The molecule has 23 heavy (non-hydrogen) atoms. The maximum absolute atomic E-state index is 12.7. The van der Waals surface area contributed by atoms with E-state index < -0.39 is 0 Å². The van der Waals surface area contributed by atoms with Crippen LogP contribution in [0.1, 0.15) is 29.2 Å². The summed E-state index contributed by atoms with van der Waals surface area (Å²) in [6, 6.07) is 8.44. The average molecular weight is 397 g/mol. The number of halogens is 1. The molecule has 0 aliphatic heterocycles. The zero-order valence-electron chi connectivity index (χ0n) is 13.4. The monoisotopic (exact) mass is 396 g/mol. The average Bonchev–Trinajstić information content (AvgIpc) is 3.12. The summed E-state index contributed by atoms with van der Waals surface area (Å²) < 4.78 is 6.76. The van der Waals surface area contributed by atoms with Gasteiger partial charge in [0.25, 0.3) is 0 Å². The minimum Gasteiger partial charge on any atom is -0.464 e. The largest absolute Gasteiger partial charge is 0.464 e. The van der Waals surface area contributed by atoms with Crippen LogP contribution in [0.2, 0.25) is 0 Å². The molecule has 0 unspecified atom stereocenters. The molecular weight excluding hydrogens is 376 g/mol. The molecule has 0 spiro atoms. The second-order valence-electron chi connectivity index (χ2n) is 6.14. The molecule has 3 rings (SSSR count). The third-order valence-corrected chi connectivity index (χ3v) is 5.50. The van der Waals surface area contributed by atoms with Crippen LogP contribution in [-0.4, -0.2) is 35.3 Å². The van der Waals surface area contributed by atoms with Gasteiger partial charge in [0.05, 0.1) is 16.9 Å². The molecule has 0 bridgehead atoms. The van der Waals surface area contributed by atoms with Crippen molar-refractivity contribution in [1.82, 2.24) is 9.80 Å². The number of carbonyl (C=O) groups excluding carboxylic acids is 1. The van der Waals surface area contributed by atoms with E-state index in [9.17, 15) is 4.79 Å². The summed E-state index contributed by atoms with van der Waals surface area (Å²) in [6.45, 7) is 3.74. The maximum Gasteiger partial charge on any atom is 0.237 e. The van der Waals surface area contributed by atoms with E-state index >= 15 is 0 Å². The van der Waals surface area contributed by atoms with Crippen LogP contribution in [0.3, 0.4) is 0 Å². The van der Waals surface area contributed by atoms with Crippen molar-refractivity contribution < 1.29 is 9.21 Å². The van der Waals surface area contributed by atoms with E-state index in [1.807, 2.05) is 37.1 Å². The third kappa shape index (κ3) is 4.68. The van der Waals surface area contributed by atoms with Crippen molar-refractivity contribution in [2.45, 2.75) is 38.9 Å². The highest BCUT2D eigenvalue weighted by Gasteiger charge is 2.33. The maximum atomic E-state index is 12.7. The molecule has 2 aromatic rings. The highest BCUT2D eigenvalue weighted by Crippen LogP contribution is 2.29. The molecule has 124 valence electrons. The number of aryl methyl sites for hydroxylation is 1. The van der Waals surface area contributed by atoms with Crippen molar-refractivity contribution in [3.63, 3.8) is 0 Å². The van der Waals surface area contributed by atoms with E-state index in [0.29, 0.717) is 19.1 Å². The molecule has 2 heterocycles. The minimum absolute atomic E-state index is 0.180. The second-order valence-corrected chi connectivity index (χ2v) is 8.69. The Labute approximate surface area is 149 Å². The lowest BCUT2D eigenvalue weighted by Gasteiger charge is -2.24. The molecule has 0 radical (unpaired) electrons. The lowest BCUT2D eigenvalue weighted by molar-refractivity contribution is -0.133. The number of hydrogen-bond acceptors (Lipinski definition) is 4. The molecule has 1 saturated carbocycles. The molecule has 0 N–H and O–H groups in total. The minimum atomic E-state index is 0.180. The number of carbonyl (C=O) groups is 1. The van der Waals surface area contributed by atoms with Gasteiger partial charge in [0, 0.05) is 17.5 Å². The van der Waals surface area contributed by atoms with Crippen LogP contribution in [0.5, 0.6) is 0 Å². The van der Waals surface area contributed by atoms with Crippen molar-refractivity contribution in [3.05, 3.63) is 44.4 Å². The van der Waals surface area contributed by atoms with Gasteiger partial charge in [-0.05, 0) is 67.0 Å². The summed E-state index contributed by atoms with van der Waals surface area (Å²) in [7, 11) is 1.99. The first-order chi connectivity index (χ1) is 11.0. The van der Waals surface area contributed by atoms with Crippen molar-refractivity contribution in [3.8, 4) is 0 Å². The fourth-order valence-corrected chi connectivity index (χ4v) is 4.19. The fraction of sp³-hybridized carbons (Fsp3) is 0.471. The Kier molecular flexibility index (Phi) is 5.24. The van der Waals surface area contributed by atoms with Crippen LogP contribution in [-0.2, 0) is 17.9 Å². The standard InChI is InChI=1S/C17H21BrN2O2S/c1-12-3-6-14(22-12)9-20(13-4-5-13)17(21)11-19(2)10-15-7-8-16(18)23-15/h3,6-8,13H,4-5,9-11H2,1-2H3. The molecule has 0 aromatic carbocycles. The quantitative estimate of drug-likeness (QED) is 0.708. The summed E-state index contributed by atoms with van der Waals surface area (Å²) in [6.07, 6.45) is 2.21. The van der Waals surface area contributed by atoms with Gasteiger partial charge >= 0.3 is 0 Å². The van der Waals surface area contributed by atoms with Gasteiger partial charge in [0.1, 0.15) is 11.5 Å². The van der Waals surface area contributed by atoms with E-state index in [-0.39, 0.29) is 5.91 Å². The zero-order valence-corrected chi connectivity index (χ0v) is 15.8. The summed E-state index contributed by atoms with van der Waals surface area (Å²) >= 11 is 5.19. The van der Waals surface area contributed by atoms with Crippen molar-refractivity contribution >= 4 is 33.2 Å². The first kappa shape index (κ1) is 16.7. The number of hydrogen-bond donors (Lipinski definition) is 0. The van der Waals surface area contributed by atoms with E-state index in [2.05, 4.69) is 26.9 Å². The van der Waals surface area contributed by atoms with Crippen molar-refractivity contribution in [2.24, 2.45) is 0 Å². The Balaban J connectivity index is 1.57. The Morgan fingerprint density at radius 1 is 1.30 bits per heavy atom.